The van der Waals surface area contributed by atoms with E-state index in [0.717, 1.165) is 0 Å². The van der Waals surface area contributed by atoms with Crippen LogP contribution in [0.5, 0.6) is 0 Å². The van der Waals surface area contributed by atoms with E-state index < -0.39 is 18.4 Å². The lowest BCUT2D eigenvalue weighted by molar-refractivity contribution is -0.0432. The van der Waals surface area contributed by atoms with E-state index >= 15 is 0 Å². The lowest BCUT2D eigenvalue weighted by Gasteiger charge is -2.13. The zero-order chi connectivity index (χ0) is 12.7. The fourth-order valence-corrected chi connectivity index (χ4v) is 2.13. The molecule has 96 valence electrons. The number of nitrogens with zero attached hydrogens (tertiary/aromatic N) is 4. The van der Waals surface area contributed by atoms with Gasteiger partial charge in [0, 0.05) is 6.42 Å². The molecule has 8 nitrogen and oxygen atoms in total. The van der Waals surface area contributed by atoms with E-state index in [1.807, 2.05) is 0 Å². The van der Waals surface area contributed by atoms with Crippen molar-refractivity contribution in [3.8, 4) is 0 Å². The van der Waals surface area contributed by atoms with Crippen molar-refractivity contribution in [2.24, 2.45) is 0 Å². The topological polar surface area (TPSA) is 119 Å². The van der Waals surface area contributed by atoms with Crippen molar-refractivity contribution in [3.05, 3.63) is 12.7 Å². The van der Waals surface area contributed by atoms with Crippen LogP contribution in [0.1, 0.15) is 12.6 Å². The molecule has 2 aromatic rings. The van der Waals surface area contributed by atoms with Gasteiger partial charge < -0.3 is 20.7 Å². The Balaban J connectivity index is 1.99. The quantitative estimate of drug-likeness (QED) is 0.591. The van der Waals surface area contributed by atoms with Crippen LogP contribution in [-0.4, -0.2) is 48.5 Å². The number of fused-ring (bicyclic) bond motifs is 1. The molecule has 0 unspecified atom stereocenters. The van der Waals surface area contributed by atoms with Gasteiger partial charge in [-0.25, -0.2) is 15.0 Å². The second-order valence-electron chi connectivity index (χ2n) is 4.20. The van der Waals surface area contributed by atoms with Crippen molar-refractivity contribution in [1.29, 1.82) is 0 Å². The number of imidazole rings is 1. The second kappa shape index (κ2) is 4.16. The van der Waals surface area contributed by atoms with Crippen molar-refractivity contribution in [1.82, 2.24) is 19.5 Å². The summed E-state index contributed by atoms with van der Waals surface area (Å²) in [5, 5.41) is 18.8. The Labute approximate surface area is 102 Å². The van der Waals surface area contributed by atoms with Gasteiger partial charge in [-0.2, -0.15) is 0 Å². The van der Waals surface area contributed by atoms with Gasteiger partial charge in [-0.3, -0.25) is 4.57 Å². The fourth-order valence-electron chi connectivity index (χ4n) is 2.13. The maximum Gasteiger partial charge on any atom is 0.167 e. The van der Waals surface area contributed by atoms with Gasteiger partial charge in [0.15, 0.2) is 11.5 Å². The monoisotopic (exact) mass is 254 g/mol. The molecule has 18 heavy (non-hydrogen) atoms. The molecule has 4 N–H and O–H groups in total. The predicted molar refractivity (Wildman–Crippen MR) is 61.4 cm³/mol. The van der Waals surface area contributed by atoms with Gasteiger partial charge in [-0.1, -0.05) is 0 Å². The Bertz CT molecular complexity index is 572. The summed E-state index contributed by atoms with van der Waals surface area (Å²) < 4.78 is 7.22. The molecule has 3 heterocycles. The average Bonchev–Trinajstić information content (AvgIpc) is 2.93. The number of ether oxygens (including phenoxy) is 1. The molecule has 1 aliphatic rings. The van der Waals surface area contributed by atoms with E-state index in [9.17, 15) is 5.11 Å². The van der Waals surface area contributed by atoms with Crippen LogP contribution in [0.2, 0.25) is 0 Å². The highest BCUT2D eigenvalue weighted by Crippen LogP contribution is 2.30. The van der Waals surface area contributed by atoms with Crippen molar-refractivity contribution in [2.45, 2.75) is 24.9 Å². The van der Waals surface area contributed by atoms with Gasteiger partial charge in [0.2, 0.25) is 0 Å². The number of hydrogen-bond acceptors (Lipinski definition) is 7. The molecule has 0 aliphatic carbocycles. The fraction of sp³-hybridized carbons (Fsp3) is 0.500. The molecule has 0 amide bonds. The summed E-state index contributed by atoms with van der Waals surface area (Å²) in [6.07, 6.45) is 1.60. The summed E-state index contributed by atoms with van der Waals surface area (Å²) in [4.78, 5) is 12.1. The lowest BCUT2D eigenvalue weighted by atomic mass is 10.2. The summed E-state index contributed by atoms with van der Waals surface area (Å²) >= 11 is 0. The number of hydrogen-bond donors (Lipinski definition) is 3. The third kappa shape index (κ3) is 1.62. The van der Waals surface area contributed by atoms with Gasteiger partial charge in [0.1, 0.15) is 24.2 Å². The van der Waals surface area contributed by atoms with Gasteiger partial charge in [-0.05, 0) is 0 Å². The molecule has 2 aromatic heterocycles. The van der Waals surface area contributed by atoms with E-state index in [1.165, 1.54) is 6.33 Å². The maximum absolute atomic E-state index is 9.71. The minimum Gasteiger partial charge on any atom is -0.394 e. The smallest absolute Gasteiger partial charge is 0.167 e. The van der Waals surface area contributed by atoms with Gasteiger partial charge in [0.25, 0.3) is 0 Å². The van der Waals surface area contributed by atoms with Crippen LogP contribution in [0, 0.1) is 0 Å². The first-order chi connectivity index (χ1) is 8.70. The SMILES string of the molecule is [15NH2]c1[15n][12cH][15n]c2c1ncn2[C@H]1C[C@H](O)[C@@H](CO)O1. The van der Waals surface area contributed by atoms with Crippen LogP contribution in [0.15, 0.2) is 12.7 Å². The summed E-state index contributed by atoms with van der Waals surface area (Å²) in [5.74, 6) is 0.302. The van der Waals surface area contributed by atoms with Crippen LogP contribution in [0.4, 0.5) is 5.82 Å². The number of anilines is 1. The standard InChI is InChI=1S/C10H13N5O3/c11-9-8-10(13-3-12-9)15(4-14-8)7-1-5(17)6(2-16)18-7/h3-7,16-17H,1-2H2,(H2,11,12,13)/t5-,6+,7+/m0/s1/i3+0,11+1,12+1,13+1. The molecule has 0 spiro atoms. The summed E-state index contributed by atoms with van der Waals surface area (Å²) in [6, 6.07) is 0. The van der Waals surface area contributed by atoms with Gasteiger partial charge in [0.05, 0.1) is 19.0 Å². The largest absolute Gasteiger partial charge is 0.394 e. The van der Waals surface area contributed by atoms with Crippen LogP contribution in [0.3, 0.4) is 0 Å². The highest BCUT2D eigenvalue weighted by atomic mass is 16.5. The van der Waals surface area contributed by atoms with Crippen molar-refractivity contribution in [3.63, 3.8) is 0 Å². The molecular formula is C10H13N5O3. The minimum absolute atomic E-state index is 0.221. The first-order valence-electron chi connectivity index (χ1n) is 5.58. The van der Waals surface area contributed by atoms with Crippen LogP contribution >= 0.6 is 0 Å². The molecule has 0 radical (unpaired) electrons. The molecular weight excluding hydrogens is 241 g/mol. The molecule has 3 atom stereocenters. The molecule has 0 aromatic carbocycles. The van der Waals surface area contributed by atoms with E-state index in [2.05, 4.69) is 15.0 Å². The van der Waals surface area contributed by atoms with Crippen LogP contribution in [0.25, 0.3) is 11.2 Å². The second-order valence-corrected chi connectivity index (χ2v) is 4.20. The van der Waals surface area contributed by atoms with Crippen molar-refractivity contribution >= 4 is 17.0 Å². The van der Waals surface area contributed by atoms with E-state index in [1.54, 1.807) is 10.9 Å². The number of rotatable bonds is 2. The summed E-state index contributed by atoms with van der Waals surface area (Å²) in [5.41, 5.74) is 6.75. The highest BCUT2D eigenvalue weighted by Gasteiger charge is 2.35. The van der Waals surface area contributed by atoms with Crippen LogP contribution < -0.4 is 5.73 Å². The average molecular weight is 254 g/mol. The van der Waals surface area contributed by atoms with E-state index in [0.29, 0.717) is 23.4 Å². The molecule has 3 rings (SSSR count). The number of nitrogens with two attached hydrogens (primary N) is 1. The first kappa shape index (κ1) is 11.3. The summed E-state index contributed by atoms with van der Waals surface area (Å²) in [6.45, 7) is -0.221. The van der Waals surface area contributed by atoms with E-state index in [4.69, 9.17) is 15.6 Å². The third-order valence-electron chi connectivity index (χ3n) is 3.08. The first-order valence-corrected chi connectivity index (χ1v) is 5.58. The van der Waals surface area contributed by atoms with Gasteiger partial charge in [-0.15, -0.1) is 0 Å². The number of nitrogen functional groups attached to an aromatic ring is 1. The van der Waals surface area contributed by atoms with Crippen LogP contribution in [-0.2, 0) is 4.74 Å². The molecule has 1 saturated heterocycles. The highest BCUT2D eigenvalue weighted by molar-refractivity contribution is 5.81. The van der Waals surface area contributed by atoms with Crippen molar-refractivity contribution in [2.75, 3.05) is 12.3 Å². The normalized spacial score (nSPS) is 28.0. The Hall–Kier alpha value is -1.77. The van der Waals surface area contributed by atoms with Gasteiger partial charge >= 0.3 is 0 Å². The molecule has 8 heteroatoms. The lowest BCUT2D eigenvalue weighted by Crippen LogP contribution is -2.24. The van der Waals surface area contributed by atoms with Crippen molar-refractivity contribution < 1.29 is 14.9 Å². The Kier molecular flexibility index (Phi) is 2.62. The van der Waals surface area contributed by atoms with E-state index in [-0.39, 0.29) is 6.61 Å². The number of aliphatic hydroxyl groups is 2. The minimum atomic E-state index is -0.698. The zero-order valence-electron chi connectivity index (χ0n) is 9.47. The third-order valence-corrected chi connectivity index (χ3v) is 3.08. The number of aliphatic hydroxyl groups excluding tert-OH is 2. The molecule has 1 aliphatic heterocycles. The molecule has 0 saturated carbocycles. The Morgan fingerprint density at radius 2 is 2.28 bits per heavy atom. The Morgan fingerprint density at radius 3 is 3.00 bits per heavy atom. The number of aromatic nitrogens is 4. The predicted octanol–water partition coefficient (Wildman–Crippen LogP) is -0.951. The molecule has 0 bridgehead atoms. The Morgan fingerprint density at radius 1 is 1.44 bits per heavy atom. The molecule has 1 fully saturated rings. The summed E-state index contributed by atoms with van der Waals surface area (Å²) in [7, 11) is 0. The maximum atomic E-state index is 9.71. The zero-order valence-corrected chi connectivity index (χ0v) is 9.47.